The first-order valence-electron chi connectivity index (χ1n) is 8.84. The minimum atomic E-state index is -0.529. The van der Waals surface area contributed by atoms with E-state index in [0.717, 1.165) is 11.1 Å². The maximum atomic E-state index is 9.46. The van der Waals surface area contributed by atoms with Crippen molar-refractivity contribution in [1.29, 1.82) is 0 Å². The van der Waals surface area contributed by atoms with Gasteiger partial charge in [0.15, 0.2) is 12.6 Å². The summed E-state index contributed by atoms with van der Waals surface area (Å²) in [6.07, 6.45) is -2.04. The van der Waals surface area contributed by atoms with Crippen LogP contribution in [-0.2, 0) is 18.9 Å². The number of hydrogen-bond donors (Lipinski definition) is 2. The van der Waals surface area contributed by atoms with Gasteiger partial charge in [0, 0.05) is 11.1 Å². The van der Waals surface area contributed by atoms with Gasteiger partial charge in [-0.05, 0) is 6.92 Å². The Hall–Kier alpha value is -1.80. The molecule has 2 fully saturated rings. The number of benzene rings is 2. The van der Waals surface area contributed by atoms with Crippen molar-refractivity contribution >= 4 is 0 Å². The van der Waals surface area contributed by atoms with Crippen LogP contribution in [0.5, 0.6) is 0 Å². The van der Waals surface area contributed by atoms with Gasteiger partial charge in [0.05, 0.1) is 12.6 Å². The summed E-state index contributed by atoms with van der Waals surface area (Å²) in [7, 11) is 0. The fourth-order valence-corrected chi connectivity index (χ4v) is 3.39. The van der Waals surface area contributed by atoms with Crippen LogP contribution in [0.4, 0.5) is 0 Å². The monoisotopic (exact) mass is 357 g/mol. The van der Waals surface area contributed by atoms with Gasteiger partial charge in [-0.3, -0.25) is 0 Å². The number of nitrogens with one attached hydrogen (secondary N) is 1. The predicted molar refractivity (Wildman–Crippen MR) is 93.3 cm³/mol. The second-order valence-corrected chi connectivity index (χ2v) is 6.61. The van der Waals surface area contributed by atoms with E-state index in [1.807, 2.05) is 67.6 Å². The largest absolute Gasteiger partial charge is 0.346 e. The van der Waals surface area contributed by atoms with Gasteiger partial charge in [0.1, 0.15) is 18.3 Å². The van der Waals surface area contributed by atoms with Crippen molar-refractivity contribution in [3.05, 3.63) is 71.8 Å². The molecule has 2 aliphatic rings. The summed E-state index contributed by atoms with van der Waals surface area (Å²) in [6, 6.07) is 19.2. The maximum Gasteiger partial charge on any atom is 0.184 e. The van der Waals surface area contributed by atoms with Crippen LogP contribution < -0.4 is 5.48 Å². The molecule has 6 nitrogen and oxygen atoms in total. The lowest BCUT2D eigenvalue weighted by molar-refractivity contribution is -0.367. The Balaban J connectivity index is 1.56. The Morgan fingerprint density at radius 1 is 0.885 bits per heavy atom. The van der Waals surface area contributed by atoms with Crippen molar-refractivity contribution in [2.75, 3.05) is 6.61 Å². The van der Waals surface area contributed by atoms with Crippen LogP contribution >= 0.6 is 0 Å². The highest BCUT2D eigenvalue weighted by Gasteiger charge is 2.47. The van der Waals surface area contributed by atoms with Gasteiger partial charge in [0.25, 0.3) is 0 Å². The molecule has 2 saturated heterocycles. The molecule has 0 spiro atoms. The minimum Gasteiger partial charge on any atom is -0.346 e. The van der Waals surface area contributed by atoms with E-state index in [1.54, 1.807) is 0 Å². The van der Waals surface area contributed by atoms with Gasteiger partial charge in [-0.2, -0.15) is 0 Å². The summed E-state index contributed by atoms with van der Waals surface area (Å²) < 4.78 is 24.3. The van der Waals surface area contributed by atoms with Crippen molar-refractivity contribution in [3.63, 3.8) is 0 Å². The van der Waals surface area contributed by atoms with Gasteiger partial charge < -0.3 is 24.2 Å². The molecule has 6 unspecified atom stereocenters. The molecule has 4 rings (SSSR count). The molecule has 0 radical (unpaired) electrons. The van der Waals surface area contributed by atoms with Gasteiger partial charge in [-0.1, -0.05) is 60.7 Å². The maximum absolute atomic E-state index is 9.46. The fraction of sp³-hybridized carbons (Fsp3) is 0.400. The standard InChI is InChI=1S/C20H23NO5/c1-13(21-22)17-18-16(24-20(25-17)15-10-6-3-7-11-15)12-23-19(26-18)14-8-4-2-5-9-14/h2-11,13,16-22H,12H2,1H3. The van der Waals surface area contributed by atoms with Crippen molar-refractivity contribution < 1.29 is 24.2 Å². The van der Waals surface area contributed by atoms with E-state index >= 15 is 0 Å². The second kappa shape index (κ2) is 7.84. The van der Waals surface area contributed by atoms with Gasteiger partial charge >= 0.3 is 0 Å². The summed E-state index contributed by atoms with van der Waals surface area (Å²) in [4.78, 5) is 0. The lowest BCUT2D eigenvalue weighted by Crippen LogP contribution is -2.59. The molecule has 2 aromatic carbocycles. The average Bonchev–Trinajstić information content (AvgIpc) is 2.73. The zero-order valence-electron chi connectivity index (χ0n) is 14.5. The number of fused-ring (bicyclic) bond motifs is 1. The molecule has 2 aliphatic heterocycles. The molecule has 0 aromatic heterocycles. The third kappa shape index (κ3) is 3.53. The van der Waals surface area contributed by atoms with Crippen molar-refractivity contribution in [2.45, 2.75) is 43.9 Å². The van der Waals surface area contributed by atoms with E-state index in [0.29, 0.717) is 6.61 Å². The highest BCUT2D eigenvalue weighted by Crippen LogP contribution is 2.38. The van der Waals surface area contributed by atoms with Crippen molar-refractivity contribution in [1.82, 2.24) is 5.48 Å². The molecule has 6 atom stereocenters. The average molecular weight is 357 g/mol. The van der Waals surface area contributed by atoms with E-state index in [4.69, 9.17) is 18.9 Å². The summed E-state index contributed by atoms with van der Waals surface area (Å²) in [5.74, 6) is 0. The molecule has 2 aromatic rings. The lowest BCUT2D eigenvalue weighted by atomic mass is 9.99. The van der Waals surface area contributed by atoms with Crippen molar-refractivity contribution in [2.24, 2.45) is 0 Å². The van der Waals surface area contributed by atoms with E-state index in [-0.39, 0.29) is 24.4 Å². The number of rotatable bonds is 4. The Kier molecular flexibility index (Phi) is 5.31. The normalized spacial score (nSPS) is 32.6. The molecular weight excluding hydrogens is 334 g/mol. The predicted octanol–water partition coefficient (Wildman–Crippen LogP) is 2.95. The second-order valence-electron chi connectivity index (χ2n) is 6.61. The van der Waals surface area contributed by atoms with Crippen LogP contribution in [0.25, 0.3) is 0 Å². The zero-order valence-corrected chi connectivity index (χ0v) is 14.5. The van der Waals surface area contributed by atoms with Crippen LogP contribution in [0, 0.1) is 0 Å². The summed E-state index contributed by atoms with van der Waals surface area (Å²) >= 11 is 0. The first-order valence-corrected chi connectivity index (χ1v) is 8.84. The molecule has 0 amide bonds. The Morgan fingerprint density at radius 2 is 1.50 bits per heavy atom. The van der Waals surface area contributed by atoms with E-state index < -0.39 is 12.6 Å². The molecular formula is C20H23NO5. The summed E-state index contributed by atoms with van der Waals surface area (Å²) in [6.45, 7) is 2.25. The number of ether oxygens (including phenoxy) is 4. The SMILES string of the molecule is CC(NO)C1OC(c2ccccc2)OC2COC(c3ccccc3)OC21. The zero-order chi connectivity index (χ0) is 17.9. The quantitative estimate of drug-likeness (QED) is 0.820. The van der Waals surface area contributed by atoms with Crippen LogP contribution in [0.1, 0.15) is 30.6 Å². The first-order chi connectivity index (χ1) is 12.8. The topological polar surface area (TPSA) is 69.2 Å². The Morgan fingerprint density at radius 3 is 2.12 bits per heavy atom. The van der Waals surface area contributed by atoms with Gasteiger partial charge in [-0.25, -0.2) is 5.48 Å². The highest BCUT2D eigenvalue weighted by atomic mass is 16.8. The number of hydrogen-bond acceptors (Lipinski definition) is 6. The molecule has 0 aliphatic carbocycles. The van der Waals surface area contributed by atoms with Crippen LogP contribution in [0.3, 0.4) is 0 Å². The van der Waals surface area contributed by atoms with Crippen molar-refractivity contribution in [3.8, 4) is 0 Å². The van der Waals surface area contributed by atoms with Crippen LogP contribution in [0.2, 0.25) is 0 Å². The third-order valence-corrected chi connectivity index (χ3v) is 4.80. The Bertz CT molecular complexity index is 696. The van der Waals surface area contributed by atoms with E-state index in [1.165, 1.54) is 0 Å². The first kappa shape index (κ1) is 17.6. The lowest BCUT2D eigenvalue weighted by Gasteiger charge is -2.47. The fourth-order valence-electron chi connectivity index (χ4n) is 3.39. The number of hydroxylamine groups is 1. The molecule has 2 N–H and O–H groups in total. The molecule has 2 heterocycles. The van der Waals surface area contributed by atoms with E-state index in [2.05, 4.69) is 5.48 Å². The van der Waals surface area contributed by atoms with Gasteiger partial charge in [-0.15, -0.1) is 0 Å². The van der Waals surface area contributed by atoms with E-state index in [9.17, 15) is 5.21 Å². The minimum absolute atomic E-state index is 0.283. The summed E-state index contributed by atoms with van der Waals surface area (Å²) in [5, 5.41) is 9.46. The van der Waals surface area contributed by atoms with Gasteiger partial charge in [0.2, 0.25) is 0 Å². The van der Waals surface area contributed by atoms with Crippen LogP contribution in [0.15, 0.2) is 60.7 Å². The summed E-state index contributed by atoms with van der Waals surface area (Å²) in [5.41, 5.74) is 4.16. The molecule has 0 bridgehead atoms. The molecule has 138 valence electrons. The Labute approximate surface area is 152 Å². The molecule has 0 saturated carbocycles. The third-order valence-electron chi connectivity index (χ3n) is 4.80. The highest BCUT2D eigenvalue weighted by molar-refractivity contribution is 5.18. The van der Waals surface area contributed by atoms with Crippen LogP contribution in [-0.4, -0.2) is 36.2 Å². The molecule has 26 heavy (non-hydrogen) atoms. The smallest absolute Gasteiger partial charge is 0.184 e. The molecule has 6 heteroatoms.